The Hall–Kier alpha value is -1.71. The number of halogens is 1. The Labute approximate surface area is 93.7 Å². The van der Waals surface area contributed by atoms with Crippen LogP contribution in [0.15, 0.2) is 24.3 Å². The van der Waals surface area contributed by atoms with Crippen molar-refractivity contribution in [2.45, 2.75) is 26.3 Å². The van der Waals surface area contributed by atoms with E-state index in [0.29, 0.717) is 5.56 Å². The van der Waals surface area contributed by atoms with E-state index in [9.17, 15) is 14.0 Å². The van der Waals surface area contributed by atoms with Gasteiger partial charge in [0, 0.05) is 24.9 Å². The Kier molecular flexibility index (Phi) is 4.17. The van der Waals surface area contributed by atoms with Gasteiger partial charge in [0.2, 0.25) is 5.91 Å². The smallest absolute Gasteiger partial charge is 0.217 e. The monoisotopic (exact) mass is 223 g/mol. The zero-order chi connectivity index (χ0) is 12.1. The molecule has 0 bridgehead atoms. The SMILES string of the molecule is CC(=O)NC(C)CC(=O)c1ccc(F)cc1. The minimum atomic E-state index is -0.369. The summed E-state index contributed by atoms with van der Waals surface area (Å²) in [5, 5.41) is 2.62. The topological polar surface area (TPSA) is 46.2 Å². The van der Waals surface area contributed by atoms with Crippen LogP contribution in [0.3, 0.4) is 0 Å². The van der Waals surface area contributed by atoms with E-state index in [1.165, 1.54) is 31.2 Å². The molecule has 86 valence electrons. The van der Waals surface area contributed by atoms with Crippen LogP contribution in [0.4, 0.5) is 4.39 Å². The Bertz CT molecular complexity index is 387. The van der Waals surface area contributed by atoms with Gasteiger partial charge in [-0.3, -0.25) is 9.59 Å². The van der Waals surface area contributed by atoms with Crippen molar-refractivity contribution < 1.29 is 14.0 Å². The molecule has 1 atom stereocenters. The molecule has 3 nitrogen and oxygen atoms in total. The number of nitrogens with one attached hydrogen (secondary N) is 1. The highest BCUT2D eigenvalue weighted by Crippen LogP contribution is 2.07. The summed E-state index contributed by atoms with van der Waals surface area (Å²) in [6.07, 6.45) is 0.214. The highest BCUT2D eigenvalue weighted by Gasteiger charge is 2.11. The zero-order valence-corrected chi connectivity index (χ0v) is 9.29. The number of amides is 1. The molecule has 1 rings (SSSR count). The van der Waals surface area contributed by atoms with Gasteiger partial charge in [-0.1, -0.05) is 0 Å². The molecule has 0 radical (unpaired) electrons. The molecule has 0 aromatic heterocycles. The summed E-state index contributed by atoms with van der Waals surface area (Å²) in [6, 6.07) is 5.16. The molecule has 0 aliphatic rings. The van der Waals surface area contributed by atoms with E-state index in [1.54, 1.807) is 6.92 Å². The normalized spacial score (nSPS) is 11.9. The summed E-state index contributed by atoms with van der Waals surface area (Å²) in [5.41, 5.74) is 0.457. The Morgan fingerprint density at radius 2 is 1.88 bits per heavy atom. The van der Waals surface area contributed by atoms with E-state index in [-0.39, 0.29) is 30.0 Å². The summed E-state index contributed by atoms with van der Waals surface area (Å²) >= 11 is 0. The molecule has 1 N–H and O–H groups in total. The molecule has 0 aliphatic heterocycles. The average Bonchev–Trinajstić information content (AvgIpc) is 2.16. The maximum Gasteiger partial charge on any atom is 0.217 e. The molecule has 0 saturated carbocycles. The molecule has 0 saturated heterocycles. The van der Waals surface area contributed by atoms with Gasteiger partial charge in [-0.25, -0.2) is 4.39 Å². The first kappa shape index (κ1) is 12.4. The van der Waals surface area contributed by atoms with Crippen molar-refractivity contribution in [1.82, 2.24) is 5.32 Å². The van der Waals surface area contributed by atoms with Crippen molar-refractivity contribution in [3.63, 3.8) is 0 Å². The number of hydrogen-bond donors (Lipinski definition) is 1. The molecule has 0 fully saturated rings. The van der Waals surface area contributed by atoms with Gasteiger partial charge in [0.1, 0.15) is 5.82 Å². The minimum Gasteiger partial charge on any atom is -0.353 e. The lowest BCUT2D eigenvalue weighted by Crippen LogP contribution is -2.32. The van der Waals surface area contributed by atoms with Crippen molar-refractivity contribution in [1.29, 1.82) is 0 Å². The van der Waals surface area contributed by atoms with Gasteiger partial charge in [0.05, 0.1) is 0 Å². The fourth-order valence-corrected chi connectivity index (χ4v) is 1.43. The molecule has 0 heterocycles. The first-order valence-corrected chi connectivity index (χ1v) is 5.05. The van der Waals surface area contributed by atoms with E-state index in [0.717, 1.165) is 0 Å². The Morgan fingerprint density at radius 3 is 2.38 bits per heavy atom. The zero-order valence-electron chi connectivity index (χ0n) is 9.29. The third-order valence-corrected chi connectivity index (χ3v) is 2.11. The van der Waals surface area contributed by atoms with Crippen molar-refractivity contribution in [2.75, 3.05) is 0 Å². The maximum absolute atomic E-state index is 12.6. The molecular formula is C12H14FNO2. The lowest BCUT2D eigenvalue weighted by atomic mass is 10.0. The fourth-order valence-electron chi connectivity index (χ4n) is 1.43. The van der Waals surface area contributed by atoms with Gasteiger partial charge in [-0.05, 0) is 31.2 Å². The number of carbonyl (C=O) groups excluding carboxylic acids is 2. The van der Waals surface area contributed by atoms with Crippen LogP contribution >= 0.6 is 0 Å². The molecule has 1 aromatic carbocycles. The van der Waals surface area contributed by atoms with Crippen molar-refractivity contribution in [3.8, 4) is 0 Å². The molecular weight excluding hydrogens is 209 g/mol. The molecule has 16 heavy (non-hydrogen) atoms. The van der Waals surface area contributed by atoms with E-state index < -0.39 is 0 Å². The van der Waals surface area contributed by atoms with E-state index in [1.807, 2.05) is 0 Å². The molecule has 1 unspecified atom stereocenters. The van der Waals surface area contributed by atoms with Crippen LogP contribution in [-0.4, -0.2) is 17.7 Å². The van der Waals surface area contributed by atoms with Gasteiger partial charge in [-0.2, -0.15) is 0 Å². The van der Waals surface area contributed by atoms with Crippen molar-refractivity contribution >= 4 is 11.7 Å². The lowest BCUT2D eigenvalue weighted by molar-refractivity contribution is -0.119. The minimum absolute atomic E-state index is 0.110. The predicted octanol–water partition coefficient (Wildman–Crippen LogP) is 1.92. The first-order chi connectivity index (χ1) is 7.49. The van der Waals surface area contributed by atoms with Crippen LogP contribution in [0.25, 0.3) is 0 Å². The first-order valence-electron chi connectivity index (χ1n) is 5.05. The molecule has 0 aliphatic carbocycles. The highest BCUT2D eigenvalue weighted by atomic mass is 19.1. The number of carbonyl (C=O) groups is 2. The third-order valence-electron chi connectivity index (χ3n) is 2.11. The Balaban J connectivity index is 2.58. The molecule has 0 spiro atoms. The fraction of sp³-hybridized carbons (Fsp3) is 0.333. The third kappa shape index (κ3) is 3.81. The number of hydrogen-bond acceptors (Lipinski definition) is 2. The van der Waals surface area contributed by atoms with E-state index in [4.69, 9.17) is 0 Å². The van der Waals surface area contributed by atoms with Crippen LogP contribution < -0.4 is 5.32 Å². The maximum atomic E-state index is 12.6. The van der Waals surface area contributed by atoms with E-state index >= 15 is 0 Å². The number of benzene rings is 1. The lowest BCUT2D eigenvalue weighted by Gasteiger charge is -2.11. The highest BCUT2D eigenvalue weighted by molar-refractivity contribution is 5.96. The quantitative estimate of drug-likeness (QED) is 0.793. The molecule has 1 amide bonds. The number of Topliss-reactive ketones (excluding diaryl/α,β-unsaturated/α-hetero) is 1. The number of ketones is 1. The van der Waals surface area contributed by atoms with Crippen LogP contribution in [0.5, 0.6) is 0 Å². The second-order valence-corrected chi connectivity index (χ2v) is 3.74. The number of rotatable bonds is 4. The summed E-state index contributed by atoms with van der Waals surface area (Å²) in [6.45, 7) is 3.15. The summed E-state index contributed by atoms with van der Waals surface area (Å²) in [5.74, 6) is -0.646. The van der Waals surface area contributed by atoms with Crippen molar-refractivity contribution in [2.24, 2.45) is 0 Å². The van der Waals surface area contributed by atoms with Crippen LogP contribution in [0, 0.1) is 5.82 Å². The average molecular weight is 223 g/mol. The van der Waals surface area contributed by atoms with E-state index in [2.05, 4.69) is 5.32 Å². The Morgan fingerprint density at radius 1 is 1.31 bits per heavy atom. The van der Waals surface area contributed by atoms with Gasteiger partial charge >= 0.3 is 0 Å². The summed E-state index contributed by atoms with van der Waals surface area (Å²) in [7, 11) is 0. The largest absolute Gasteiger partial charge is 0.353 e. The van der Waals surface area contributed by atoms with Crippen LogP contribution in [0.1, 0.15) is 30.6 Å². The predicted molar refractivity (Wildman–Crippen MR) is 58.6 cm³/mol. The van der Waals surface area contributed by atoms with Crippen molar-refractivity contribution in [3.05, 3.63) is 35.6 Å². The summed E-state index contributed by atoms with van der Waals surface area (Å²) < 4.78 is 12.6. The summed E-state index contributed by atoms with van der Waals surface area (Å²) in [4.78, 5) is 22.4. The molecule has 1 aromatic rings. The second-order valence-electron chi connectivity index (χ2n) is 3.74. The second kappa shape index (κ2) is 5.39. The van der Waals surface area contributed by atoms with Gasteiger partial charge < -0.3 is 5.32 Å². The van der Waals surface area contributed by atoms with Crippen LogP contribution in [0.2, 0.25) is 0 Å². The van der Waals surface area contributed by atoms with Crippen LogP contribution in [-0.2, 0) is 4.79 Å². The molecule has 4 heteroatoms. The van der Waals surface area contributed by atoms with Gasteiger partial charge in [-0.15, -0.1) is 0 Å². The van der Waals surface area contributed by atoms with Gasteiger partial charge in [0.15, 0.2) is 5.78 Å². The standard InChI is InChI=1S/C12H14FNO2/c1-8(14-9(2)15)7-12(16)10-3-5-11(13)6-4-10/h3-6,8H,7H2,1-2H3,(H,14,15). The van der Waals surface area contributed by atoms with Gasteiger partial charge in [0.25, 0.3) is 0 Å².